The van der Waals surface area contributed by atoms with E-state index in [1.54, 1.807) is 12.1 Å². The summed E-state index contributed by atoms with van der Waals surface area (Å²) in [7, 11) is 0. The maximum atomic E-state index is 10.7. The molecule has 1 unspecified atom stereocenters. The van der Waals surface area contributed by atoms with Crippen LogP contribution in [0.4, 0.5) is 5.69 Å². The summed E-state index contributed by atoms with van der Waals surface area (Å²) >= 11 is 0. The minimum absolute atomic E-state index is 0.0594. The summed E-state index contributed by atoms with van der Waals surface area (Å²) < 4.78 is 0. The van der Waals surface area contributed by atoms with Crippen LogP contribution in [0, 0.1) is 0 Å². The Kier molecular flexibility index (Phi) is 2.08. The molecule has 1 N–H and O–H groups in total. The van der Waals surface area contributed by atoms with Crippen LogP contribution in [-0.2, 0) is 4.79 Å². The lowest BCUT2D eigenvalue weighted by atomic mass is 9.97. The van der Waals surface area contributed by atoms with Crippen molar-refractivity contribution in [2.24, 2.45) is 5.11 Å². The highest BCUT2D eigenvalue weighted by Gasteiger charge is 2.26. The maximum Gasteiger partial charge on any atom is 0.222 e. The highest BCUT2D eigenvalue weighted by molar-refractivity contribution is 5.83. The van der Waals surface area contributed by atoms with Gasteiger partial charge in [0.1, 0.15) is 0 Å². The molecule has 1 fully saturated rings. The third kappa shape index (κ3) is 1.53. The van der Waals surface area contributed by atoms with Crippen molar-refractivity contribution in [1.29, 1.82) is 0 Å². The number of hydrogen-bond donors (Lipinski definition) is 1. The Bertz CT molecular complexity index is 415. The maximum absolute atomic E-state index is 10.7. The Hall–Kier alpha value is -2.00. The molecule has 1 aliphatic heterocycles. The molecular weight excluding hydrogens is 180 g/mol. The van der Waals surface area contributed by atoms with E-state index in [0.29, 0.717) is 12.1 Å². The quantitative estimate of drug-likeness (QED) is 0.328. The van der Waals surface area contributed by atoms with Gasteiger partial charge in [0.25, 0.3) is 0 Å². The van der Waals surface area contributed by atoms with Gasteiger partial charge in [-0.2, -0.15) is 0 Å². The fourth-order valence-electron chi connectivity index (χ4n) is 1.42. The number of carbonyl (C=O) groups excluding carboxylic acids is 1. The van der Waals surface area contributed by atoms with E-state index in [9.17, 15) is 4.79 Å². The van der Waals surface area contributed by atoms with Crippen LogP contribution in [-0.4, -0.2) is 5.91 Å². The molecule has 0 spiro atoms. The molecule has 0 aromatic heterocycles. The van der Waals surface area contributed by atoms with Crippen molar-refractivity contribution in [3.8, 4) is 0 Å². The van der Waals surface area contributed by atoms with Crippen LogP contribution in [0.3, 0.4) is 0 Å². The van der Waals surface area contributed by atoms with Crippen LogP contribution in [0.1, 0.15) is 18.0 Å². The molecule has 0 saturated carbocycles. The second-order valence-corrected chi connectivity index (χ2v) is 3.11. The zero-order chi connectivity index (χ0) is 9.97. The van der Waals surface area contributed by atoms with E-state index in [4.69, 9.17) is 5.53 Å². The molecule has 0 aliphatic carbocycles. The van der Waals surface area contributed by atoms with Crippen molar-refractivity contribution in [2.75, 3.05) is 0 Å². The average molecular weight is 188 g/mol. The van der Waals surface area contributed by atoms with E-state index in [1.165, 1.54) is 0 Å². The summed E-state index contributed by atoms with van der Waals surface area (Å²) in [6.45, 7) is 0. The first-order valence-electron chi connectivity index (χ1n) is 4.24. The molecule has 2 rings (SSSR count). The lowest BCUT2D eigenvalue weighted by Crippen LogP contribution is -2.41. The van der Waals surface area contributed by atoms with Gasteiger partial charge in [-0.05, 0) is 17.2 Å². The fraction of sp³-hybridized carbons (Fsp3) is 0.222. The Morgan fingerprint density at radius 3 is 3.00 bits per heavy atom. The predicted octanol–water partition coefficient (Wildman–Crippen LogP) is 2.19. The third-order valence-electron chi connectivity index (χ3n) is 2.16. The zero-order valence-electron chi connectivity index (χ0n) is 7.34. The Balaban J connectivity index is 2.22. The topological polar surface area (TPSA) is 77.9 Å². The van der Waals surface area contributed by atoms with Crippen LogP contribution in [0.2, 0.25) is 0 Å². The molecular formula is C9H8N4O. The minimum Gasteiger partial charge on any atom is -0.349 e. The monoisotopic (exact) mass is 188 g/mol. The molecule has 0 bridgehead atoms. The van der Waals surface area contributed by atoms with Gasteiger partial charge in [-0.1, -0.05) is 23.3 Å². The van der Waals surface area contributed by atoms with Gasteiger partial charge >= 0.3 is 0 Å². The average Bonchev–Trinajstić information content (AvgIpc) is 2.14. The van der Waals surface area contributed by atoms with Gasteiger partial charge in [-0.3, -0.25) is 4.79 Å². The van der Waals surface area contributed by atoms with Gasteiger partial charge in [0.15, 0.2) is 0 Å². The molecule has 1 amide bonds. The predicted molar refractivity (Wildman–Crippen MR) is 50.7 cm³/mol. The van der Waals surface area contributed by atoms with Crippen LogP contribution >= 0.6 is 0 Å². The van der Waals surface area contributed by atoms with Crippen molar-refractivity contribution >= 4 is 11.6 Å². The number of amides is 1. The van der Waals surface area contributed by atoms with Gasteiger partial charge in [-0.15, -0.1) is 0 Å². The Morgan fingerprint density at radius 2 is 2.36 bits per heavy atom. The van der Waals surface area contributed by atoms with Crippen LogP contribution in [0.5, 0.6) is 0 Å². The third-order valence-corrected chi connectivity index (χ3v) is 2.16. The highest BCUT2D eigenvalue weighted by Crippen LogP contribution is 2.26. The van der Waals surface area contributed by atoms with Gasteiger partial charge in [0.2, 0.25) is 5.91 Å². The summed E-state index contributed by atoms with van der Waals surface area (Å²) in [6, 6.07) is 7.30. The standard InChI is InChI=1S/C9H8N4O/c10-13-12-7-3-1-2-6(4-7)8-5-9(14)11-8/h1-4,8H,5H2,(H,11,14). The second kappa shape index (κ2) is 3.40. The Morgan fingerprint density at radius 1 is 1.57 bits per heavy atom. The van der Waals surface area contributed by atoms with Crippen molar-refractivity contribution in [3.05, 3.63) is 40.3 Å². The number of carbonyl (C=O) groups is 1. The molecule has 0 radical (unpaired) electrons. The number of nitrogens with one attached hydrogen (secondary N) is 1. The first kappa shape index (κ1) is 8.59. The zero-order valence-corrected chi connectivity index (χ0v) is 7.34. The molecule has 1 heterocycles. The van der Waals surface area contributed by atoms with E-state index in [0.717, 1.165) is 5.56 Å². The molecule has 1 aromatic carbocycles. The SMILES string of the molecule is [N-]=[N+]=Nc1cccc(C2CC(=O)N2)c1. The summed E-state index contributed by atoms with van der Waals surface area (Å²) in [5.41, 5.74) is 9.81. The first-order chi connectivity index (χ1) is 6.79. The number of azide groups is 1. The molecule has 1 aromatic rings. The van der Waals surface area contributed by atoms with Gasteiger partial charge in [0.05, 0.1) is 12.5 Å². The van der Waals surface area contributed by atoms with Crippen molar-refractivity contribution in [2.45, 2.75) is 12.5 Å². The summed E-state index contributed by atoms with van der Waals surface area (Å²) in [5, 5.41) is 6.25. The van der Waals surface area contributed by atoms with Crippen molar-refractivity contribution in [1.82, 2.24) is 5.32 Å². The van der Waals surface area contributed by atoms with Crippen molar-refractivity contribution < 1.29 is 4.79 Å². The van der Waals surface area contributed by atoms with Crippen LogP contribution < -0.4 is 5.32 Å². The van der Waals surface area contributed by atoms with E-state index < -0.39 is 0 Å². The largest absolute Gasteiger partial charge is 0.349 e. The second-order valence-electron chi connectivity index (χ2n) is 3.11. The molecule has 70 valence electrons. The molecule has 5 nitrogen and oxygen atoms in total. The number of nitrogens with zero attached hydrogens (tertiary/aromatic N) is 3. The smallest absolute Gasteiger partial charge is 0.222 e. The summed E-state index contributed by atoms with van der Waals surface area (Å²) in [4.78, 5) is 13.4. The molecule has 1 saturated heterocycles. The Labute approximate surface area is 80.4 Å². The number of hydrogen-bond acceptors (Lipinski definition) is 2. The molecule has 1 aliphatic rings. The molecule has 1 atom stereocenters. The lowest BCUT2D eigenvalue weighted by molar-refractivity contribution is -0.128. The lowest BCUT2D eigenvalue weighted by Gasteiger charge is -2.27. The normalized spacial score (nSPS) is 19.1. The minimum atomic E-state index is 0.0594. The number of rotatable bonds is 2. The van der Waals surface area contributed by atoms with Crippen LogP contribution in [0.15, 0.2) is 29.4 Å². The number of benzene rings is 1. The summed E-state index contributed by atoms with van der Waals surface area (Å²) in [6.07, 6.45) is 0.514. The molecule has 14 heavy (non-hydrogen) atoms. The fourth-order valence-corrected chi connectivity index (χ4v) is 1.42. The van der Waals surface area contributed by atoms with Crippen LogP contribution in [0.25, 0.3) is 10.4 Å². The van der Waals surface area contributed by atoms with Gasteiger partial charge in [0, 0.05) is 10.6 Å². The highest BCUT2D eigenvalue weighted by atomic mass is 16.2. The van der Waals surface area contributed by atoms with E-state index in [1.807, 2.05) is 12.1 Å². The van der Waals surface area contributed by atoms with Gasteiger partial charge < -0.3 is 5.32 Å². The van der Waals surface area contributed by atoms with Crippen molar-refractivity contribution in [3.63, 3.8) is 0 Å². The van der Waals surface area contributed by atoms with E-state index in [-0.39, 0.29) is 11.9 Å². The molecule has 5 heteroatoms. The summed E-state index contributed by atoms with van der Waals surface area (Å²) in [5.74, 6) is 0.0594. The van der Waals surface area contributed by atoms with E-state index >= 15 is 0 Å². The first-order valence-corrected chi connectivity index (χ1v) is 4.24. The van der Waals surface area contributed by atoms with Gasteiger partial charge in [-0.25, -0.2) is 0 Å². The number of β-lactam (4-membered cyclic amide) rings is 1. The van der Waals surface area contributed by atoms with E-state index in [2.05, 4.69) is 15.3 Å².